The Bertz CT molecular complexity index is 523. The van der Waals surface area contributed by atoms with E-state index in [9.17, 15) is 4.79 Å². The number of hydrogen-bond donors (Lipinski definition) is 2. The van der Waals surface area contributed by atoms with E-state index in [0.29, 0.717) is 0 Å². The van der Waals surface area contributed by atoms with Crippen molar-refractivity contribution in [3.63, 3.8) is 0 Å². The predicted octanol–water partition coefficient (Wildman–Crippen LogP) is 5.00. The van der Waals surface area contributed by atoms with Gasteiger partial charge in [-0.25, -0.2) is 4.79 Å². The summed E-state index contributed by atoms with van der Waals surface area (Å²) in [7, 11) is 0. The van der Waals surface area contributed by atoms with Crippen LogP contribution < -0.4 is 10.6 Å². The Hall–Kier alpha value is -0.730. The Morgan fingerprint density at radius 3 is 1.31 bits per heavy atom. The third-order valence-electron chi connectivity index (χ3n) is 9.54. The van der Waals surface area contributed by atoms with E-state index >= 15 is 0 Å². The van der Waals surface area contributed by atoms with Gasteiger partial charge in [0.25, 0.3) is 0 Å². The van der Waals surface area contributed by atoms with Crippen molar-refractivity contribution in [1.82, 2.24) is 10.6 Å². The topological polar surface area (TPSA) is 41.1 Å². The summed E-state index contributed by atoms with van der Waals surface area (Å²) in [6, 6.07) is 0.185. The van der Waals surface area contributed by atoms with Crippen molar-refractivity contribution in [2.45, 2.75) is 101 Å². The molecular weight excluding hydrogens is 320 g/mol. The fourth-order valence-electron chi connectivity index (χ4n) is 9.13. The largest absolute Gasteiger partial charge is 0.333 e. The van der Waals surface area contributed by atoms with Gasteiger partial charge in [-0.15, -0.1) is 0 Å². The van der Waals surface area contributed by atoms with Crippen LogP contribution in [0.1, 0.15) is 89.9 Å². The van der Waals surface area contributed by atoms with Gasteiger partial charge in [-0.1, -0.05) is 0 Å². The Morgan fingerprint density at radius 2 is 0.923 bits per heavy atom. The van der Waals surface area contributed by atoms with E-state index in [1.807, 2.05) is 0 Å². The minimum atomic E-state index is 0.125. The quantitative estimate of drug-likeness (QED) is 0.718. The average molecular weight is 357 g/mol. The second-order valence-corrected chi connectivity index (χ2v) is 11.6. The first-order valence-electron chi connectivity index (χ1n) is 11.7. The van der Waals surface area contributed by atoms with E-state index in [0.717, 1.165) is 35.5 Å². The number of rotatable bonds is 2. The van der Waals surface area contributed by atoms with Gasteiger partial charge in [-0.3, -0.25) is 0 Å². The van der Waals surface area contributed by atoms with Gasteiger partial charge in [0.05, 0.1) is 0 Å². The van der Waals surface area contributed by atoms with Gasteiger partial charge < -0.3 is 10.6 Å². The van der Waals surface area contributed by atoms with E-state index in [1.54, 1.807) is 0 Å². The standard InChI is InChI=1S/C23H36N2O/c26-21(24-22-3-1-15-5-17(11-22)9-18(6-15)12-22)25-23-4-2-16-7-19(13-23)10-20(8-16)14-23/h15-20H,1-14H2,(H2,24,25,26). The first-order chi connectivity index (χ1) is 12.6. The highest BCUT2D eigenvalue weighted by molar-refractivity contribution is 5.76. The van der Waals surface area contributed by atoms with Crippen LogP contribution in [0.3, 0.4) is 0 Å². The number of urea groups is 1. The van der Waals surface area contributed by atoms with Crippen LogP contribution in [-0.4, -0.2) is 17.1 Å². The van der Waals surface area contributed by atoms with Crippen molar-refractivity contribution < 1.29 is 4.79 Å². The molecule has 0 heterocycles. The molecular formula is C23H36N2O. The van der Waals surface area contributed by atoms with Crippen molar-refractivity contribution >= 4 is 6.03 Å². The summed E-state index contributed by atoms with van der Waals surface area (Å²) in [5.74, 6) is 5.46. The van der Waals surface area contributed by atoms with Gasteiger partial charge in [0.2, 0.25) is 0 Å². The van der Waals surface area contributed by atoms with Crippen LogP contribution in [-0.2, 0) is 0 Å². The highest BCUT2D eigenvalue weighted by atomic mass is 16.2. The Kier molecular flexibility index (Phi) is 3.52. The predicted molar refractivity (Wildman–Crippen MR) is 103 cm³/mol. The molecule has 0 radical (unpaired) electrons. The first-order valence-corrected chi connectivity index (χ1v) is 11.7. The zero-order valence-electron chi connectivity index (χ0n) is 16.3. The van der Waals surface area contributed by atoms with Crippen LogP contribution in [0.4, 0.5) is 4.79 Å². The third kappa shape index (κ3) is 2.71. The van der Waals surface area contributed by atoms with Gasteiger partial charge >= 0.3 is 6.03 Å². The van der Waals surface area contributed by atoms with E-state index in [4.69, 9.17) is 0 Å². The van der Waals surface area contributed by atoms with Crippen molar-refractivity contribution in [2.75, 3.05) is 0 Å². The molecule has 8 aliphatic rings. The molecule has 0 aromatic heterocycles. The van der Waals surface area contributed by atoms with Crippen molar-refractivity contribution in [3.8, 4) is 0 Å². The molecule has 2 N–H and O–H groups in total. The molecule has 4 unspecified atom stereocenters. The summed E-state index contributed by atoms with van der Waals surface area (Å²) >= 11 is 0. The van der Waals surface area contributed by atoms with Gasteiger partial charge in [0.15, 0.2) is 0 Å². The molecule has 26 heavy (non-hydrogen) atoms. The number of hydrogen-bond acceptors (Lipinski definition) is 1. The summed E-state index contributed by atoms with van der Waals surface area (Å²) in [6.07, 6.45) is 18.8. The lowest BCUT2D eigenvalue weighted by atomic mass is 9.64. The molecule has 0 saturated heterocycles. The smallest absolute Gasteiger partial charge is 0.315 e. The van der Waals surface area contributed by atoms with Crippen LogP contribution in [0, 0.1) is 35.5 Å². The molecule has 8 saturated carbocycles. The Balaban J connectivity index is 1.18. The molecule has 8 rings (SSSR count). The molecule has 3 nitrogen and oxygen atoms in total. The molecule has 144 valence electrons. The minimum absolute atomic E-state index is 0.125. The average Bonchev–Trinajstić information content (AvgIpc) is 2.87. The SMILES string of the molecule is O=C(NC12CCC3CC(CC(C3)C1)C2)NC12CCC3CC(CC(C3)C1)C2. The van der Waals surface area contributed by atoms with Gasteiger partial charge in [-0.05, 0) is 125 Å². The summed E-state index contributed by atoms with van der Waals surface area (Å²) in [6.45, 7) is 0. The Labute approximate surface area is 158 Å². The summed E-state index contributed by atoms with van der Waals surface area (Å²) in [5.41, 5.74) is 0.251. The van der Waals surface area contributed by atoms with Crippen molar-refractivity contribution in [1.29, 1.82) is 0 Å². The van der Waals surface area contributed by atoms with Crippen LogP contribution in [0.15, 0.2) is 0 Å². The summed E-state index contributed by atoms with van der Waals surface area (Å²) in [5, 5.41) is 7.21. The number of nitrogens with one attached hydrogen (secondary N) is 2. The number of fused-ring (bicyclic) bond motifs is 2. The highest BCUT2D eigenvalue weighted by Crippen LogP contribution is 2.54. The lowest BCUT2D eigenvalue weighted by molar-refractivity contribution is 0.0863. The molecule has 2 amide bonds. The molecule has 8 aliphatic carbocycles. The maximum Gasteiger partial charge on any atom is 0.315 e. The van der Waals surface area contributed by atoms with Crippen molar-refractivity contribution in [3.05, 3.63) is 0 Å². The first kappa shape index (κ1) is 16.2. The number of amides is 2. The van der Waals surface area contributed by atoms with Crippen LogP contribution in [0.2, 0.25) is 0 Å². The van der Waals surface area contributed by atoms with E-state index < -0.39 is 0 Å². The number of carbonyl (C=O) groups is 1. The van der Waals surface area contributed by atoms with Crippen LogP contribution in [0.5, 0.6) is 0 Å². The lowest BCUT2D eigenvalue weighted by Gasteiger charge is -2.48. The van der Waals surface area contributed by atoms with E-state index in [1.165, 1.54) is 89.9 Å². The second-order valence-electron chi connectivity index (χ2n) is 11.6. The molecule has 4 atom stereocenters. The van der Waals surface area contributed by atoms with Gasteiger partial charge in [0, 0.05) is 11.1 Å². The summed E-state index contributed by atoms with van der Waals surface area (Å²) < 4.78 is 0. The Morgan fingerprint density at radius 1 is 0.577 bits per heavy atom. The fraction of sp³-hybridized carbons (Fsp3) is 0.957. The molecule has 0 spiro atoms. The zero-order chi connectivity index (χ0) is 17.4. The highest BCUT2D eigenvalue weighted by Gasteiger charge is 2.51. The fourth-order valence-corrected chi connectivity index (χ4v) is 9.13. The normalized spacial score (nSPS) is 54.0. The second kappa shape index (κ2) is 5.64. The molecule has 0 aromatic rings. The van der Waals surface area contributed by atoms with Crippen molar-refractivity contribution in [2.24, 2.45) is 35.5 Å². The summed E-state index contributed by atoms with van der Waals surface area (Å²) in [4.78, 5) is 13.2. The maximum absolute atomic E-state index is 13.2. The van der Waals surface area contributed by atoms with Crippen LogP contribution >= 0.6 is 0 Å². The lowest BCUT2D eigenvalue weighted by Crippen LogP contribution is -2.61. The molecule has 3 heteroatoms. The molecule has 0 aliphatic heterocycles. The van der Waals surface area contributed by atoms with Crippen LogP contribution in [0.25, 0.3) is 0 Å². The molecule has 8 fully saturated rings. The van der Waals surface area contributed by atoms with E-state index in [-0.39, 0.29) is 17.1 Å². The maximum atomic E-state index is 13.2. The van der Waals surface area contributed by atoms with Gasteiger partial charge in [0.1, 0.15) is 0 Å². The van der Waals surface area contributed by atoms with Gasteiger partial charge in [-0.2, -0.15) is 0 Å². The monoisotopic (exact) mass is 356 g/mol. The third-order valence-corrected chi connectivity index (χ3v) is 9.54. The van der Waals surface area contributed by atoms with E-state index in [2.05, 4.69) is 10.6 Å². The zero-order valence-corrected chi connectivity index (χ0v) is 16.3. The molecule has 8 bridgehead atoms. The minimum Gasteiger partial charge on any atom is -0.333 e. The molecule has 0 aromatic carbocycles. The number of carbonyl (C=O) groups excluding carboxylic acids is 1.